The first-order valence-corrected chi connectivity index (χ1v) is 6.11. The summed E-state index contributed by atoms with van der Waals surface area (Å²) in [6.45, 7) is 7.47. The summed E-state index contributed by atoms with van der Waals surface area (Å²) >= 11 is 3.38. The molecule has 0 aliphatic carbocycles. The van der Waals surface area contributed by atoms with Crippen molar-refractivity contribution in [3.63, 3.8) is 0 Å². The van der Waals surface area contributed by atoms with Gasteiger partial charge in [0.1, 0.15) is 5.60 Å². The molecule has 1 aromatic carbocycles. The molecule has 2 nitrogen and oxygen atoms in total. The van der Waals surface area contributed by atoms with Crippen molar-refractivity contribution in [1.29, 1.82) is 0 Å². The molecule has 0 amide bonds. The van der Waals surface area contributed by atoms with E-state index in [1.165, 1.54) is 0 Å². The Labute approximate surface area is 105 Å². The highest BCUT2D eigenvalue weighted by Gasteiger charge is 2.26. The number of halogens is 1. The predicted molar refractivity (Wildman–Crippen MR) is 68.1 cm³/mol. The minimum Gasteiger partial charge on any atom is -0.455 e. The van der Waals surface area contributed by atoms with Crippen LogP contribution in [0.3, 0.4) is 0 Å². The van der Waals surface area contributed by atoms with Crippen LogP contribution in [0.4, 0.5) is 0 Å². The Kier molecular flexibility index (Phi) is 4.14. The first-order valence-electron chi connectivity index (χ1n) is 5.32. The molecule has 0 N–H and O–H groups in total. The van der Waals surface area contributed by atoms with Crippen molar-refractivity contribution < 1.29 is 9.53 Å². The van der Waals surface area contributed by atoms with E-state index in [9.17, 15) is 4.79 Å². The maximum absolute atomic E-state index is 11.6. The molecule has 3 heteroatoms. The van der Waals surface area contributed by atoms with Gasteiger partial charge in [-0.25, -0.2) is 0 Å². The molecule has 0 saturated heterocycles. The molecule has 0 atom stereocenters. The van der Waals surface area contributed by atoms with E-state index in [4.69, 9.17) is 4.74 Å². The fraction of sp³-hybridized carbons (Fsp3) is 0.462. The van der Waals surface area contributed by atoms with Crippen molar-refractivity contribution in [2.24, 2.45) is 5.92 Å². The lowest BCUT2D eigenvalue weighted by atomic mass is 9.98. The molecular formula is C13H17BrO2. The Morgan fingerprint density at radius 2 is 1.75 bits per heavy atom. The Balaban J connectivity index is 2.85. The second-order valence-corrected chi connectivity index (χ2v) is 5.51. The lowest BCUT2D eigenvalue weighted by molar-refractivity contribution is -0.161. The molecule has 0 aliphatic heterocycles. The maximum atomic E-state index is 11.6. The van der Waals surface area contributed by atoms with Crippen molar-refractivity contribution in [2.45, 2.75) is 33.3 Å². The van der Waals surface area contributed by atoms with Crippen LogP contribution in [0, 0.1) is 5.92 Å². The van der Waals surface area contributed by atoms with Gasteiger partial charge in [0.2, 0.25) is 0 Å². The van der Waals surface area contributed by atoms with E-state index in [2.05, 4.69) is 15.9 Å². The van der Waals surface area contributed by atoms with Crippen LogP contribution in [0.15, 0.2) is 28.7 Å². The molecule has 0 radical (unpaired) electrons. The molecule has 0 aliphatic rings. The minimum atomic E-state index is -0.581. The molecule has 88 valence electrons. The smallest absolute Gasteiger partial charge is 0.309 e. The van der Waals surface area contributed by atoms with E-state index in [1.807, 2.05) is 52.0 Å². The van der Waals surface area contributed by atoms with Crippen molar-refractivity contribution in [3.8, 4) is 0 Å². The van der Waals surface area contributed by atoms with E-state index in [-0.39, 0.29) is 11.9 Å². The molecule has 0 saturated carbocycles. The van der Waals surface area contributed by atoms with Crippen LogP contribution in [0.5, 0.6) is 0 Å². The Bertz CT molecular complexity index is 366. The number of carbonyl (C=O) groups excluding carboxylic acids is 1. The van der Waals surface area contributed by atoms with Crippen LogP contribution >= 0.6 is 15.9 Å². The zero-order valence-electron chi connectivity index (χ0n) is 10.1. The SMILES string of the molecule is CC(C)C(=O)OC(C)(C)c1ccc(Br)cc1. The highest BCUT2D eigenvalue weighted by Crippen LogP contribution is 2.27. The summed E-state index contributed by atoms with van der Waals surface area (Å²) in [6, 6.07) is 7.80. The van der Waals surface area contributed by atoms with Gasteiger partial charge in [-0.05, 0) is 31.5 Å². The number of carbonyl (C=O) groups is 1. The van der Waals surface area contributed by atoms with Crippen molar-refractivity contribution in [1.82, 2.24) is 0 Å². The van der Waals surface area contributed by atoms with Crippen molar-refractivity contribution >= 4 is 21.9 Å². The summed E-state index contributed by atoms with van der Waals surface area (Å²) in [5.74, 6) is -0.275. The van der Waals surface area contributed by atoms with Gasteiger partial charge in [-0.3, -0.25) is 4.79 Å². The highest BCUT2D eigenvalue weighted by atomic mass is 79.9. The van der Waals surface area contributed by atoms with E-state index in [0.29, 0.717) is 0 Å². The zero-order chi connectivity index (χ0) is 12.3. The summed E-state index contributed by atoms with van der Waals surface area (Å²) in [5.41, 5.74) is 0.409. The van der Waals surface area contributed by atoms with Crippen LogP contribution in [-0.4, -0.2) is 5.97 Å². The van der Waals surface area contributed by atoms with Gasteiger partial charge in [0.15, 0.2) is 0 Å². The molecule has 1 rings (SSSR count). The second kappa shape index (κ2) is 5.00. The first kappa shape index (κ1) is 13.2. The fourth-order valence-corrected chi connectivity index (χ4v) is 1.54. The fourth-order valence-electron chi connectivity index (χ4n) is 1.28. The van der Waals surface area contributed by atoms with Gasteiger partial charge >= 0.3 is 5.97 Å². The van der Waals surface area contributed by atoms with Gasteiger partial charge in [-0.2, -0.15) is 0 Å². The van der Waals surface area contributed by atoms with Crippen molar-refractivity contribution in [3.05, 3.63) is 34.3 Å². The molecule has 0 bridgehead atoms. The number of esters is 1. The molecule has 0 fully saturated rings. The molecule has 0 spiro atoms. The normalized spacial score (nSPS) is 11.6. The van der Waals surface area contributed by atoms with E-state index < -0.39 is 5.60 Å². The minimum absolute atomic E-state index is 0.102. The molecular weight excluding hydrogens is 268 g/mol. The molecule has 1 aromatic rings. The first-order chi connectivity index (χ1) is 7.33. The lowest BCUT2D eigenvalue weighted by Gasteiger charge is -2.26. The summed E-state index contributed by atoms with van der Waals surface area (Å²) < 4.78 is 6.49. The Hall–Kier alpha value is -0.830. The Morgan fingerprint density at radius 1 is 1.25 bits per heavy atom. The number of hydrogen-bond donors (Lipinski definition) is 0. The second-order valence-electron chi connectivity index (χ2n) is 4.59. The zero-order valence-corrected chi connectivity index (χ0v) is 11.7. The summed E-state index contributed by atoms with van der Waals surface area (Å²) in [5, 5.41) is 0. The maximum Gasteiger partial charge on any atom is 0.309 e. The number of benzene rings is 1. The summed E-state index contributed by atoms with van der Waals surface area (Å²) in [4.78, 5) is 11.6. The van der Waals surface area contributed by atoms with Gasteiger partial charge in [0, 0.05) is 4.47 Å². The van der Waals surface area contributed by atoms with Crippen LogP contribution in [0.25, 0.3) is 0 Å². The average molecular weight is 285 g/mol. The van der Waals surface area contributed by atoms with Gasteiger partial charge in [-0.15, -0.1) is 0 Å². The third kappa shape index (κ3) is 3.34. The summed E-state index contributed by atoms with van der Waals surface area (Å²) in [6.07, 6.45) is 0. The topological polar surface area (TPSA) is 26.3 Å². The van der Waals surface area contributed by atoms with Gasteiger partial charge < -0.3 is 4.74 Å². The molecule has 16 heavy (non-hydrogen) atoms. The number of hydrogen-bond acceptors (Lipinski definition) is 2. The Morgan fingerprint density at radius 3 is 2.19 bits per heavy atom. The highest BCUT2D eigenvalue weighted by molar-refractivity contribution is 9.10. The lowest BCUT2D eigenvalue weighted by Crippen LogP contribution is -2.27. The summed E-state index contributed by atoms with van der Waals surface area (Å²) in [7, 11) is 0. The standard InChI is InChI=1S/C13H17BrO2/c1-9(2)12(15)16-13(3,4)10-5-7-11(14)8-6-10/h5-9H,1-4H3. The average Bonchev–Trinajstić information content (AvgIpc) is 2.17. The van der Waals surface area contributed by atoms with Crippen LogP contribution in [-0.2, 0) is 15.1 Å². The molecule has 0 aromatic heterocycles. The van der Waals surface area contributed by atoms with Crippen LogP contribution < -0.4 is 0 Å². The van der Waals surface area contributed by atoms with E-state index in [0.717, 1.165) is 10.0 Å². The molecule has 0 heterocycles. The monoisotopic (exact) mass is 284 g/mol. The van der Waals surface area contributed by atoms with Gasteiger partial charge in [-0.1, -0.05) is 41.9 Å². The third-order valence-corrected chi connectivity index (χ3v) is 2.90. The largest absolute Gasteiger partial charge is 0.455 e. The van der Waals surface area contributed by atoms with E-state index in [1.54, 1.807) is 0 Å². The van der Waals surface area contributed by atoms with E-state index >= 15 is 0 Å². The predicted octanol–water partition coefficient (Wildman–Crippen LogP) is 3.88. The van der Waals surface area contributed by atoms with Crippen molar-refractivity contribution in [2.75, 3.05) is 0 Å². The van der Waals surface area contributed by atoms with Gasteiger partial charge in [0.05, 0.1) is 5.92 Å². The third-order valence-electron chi connectivity index (χ3n) is 2.37. The number of rotatable bonds is 3. The molecule has 0 unspecified atom stereocenters. The number of ether oxygens (including phenoxy) is 1. The van der Waals surface area contributed by atoms with Crippen LogP contribution in [0.2, 0.25) is 0 Å². The van der Waals surface area contributed by atoms with Gasteiger partial charge in [0.25, 0.3) is 0 Å². The van der Waals surface area contributed by atoms with Crippen LogP contribution in [0.1, 0.15) is 33.3 Å². The quantitative estimate of drug-likeness (QED) is 0.788.